The molecule has 0 spiro atoms. The number of Topliss-reactive ketones (excluding diaryl/α,β-unsaturated/α-hetero) is 1. The molecule has 0 aliphatic carbocycles. The van der Waals surface area contributed by atoms with E-state index in [1.807, 2.05) is 0 Å². The Hall–Kier alpha value is -4.63. The summed E-state index contributed by atoms with van der Waals surface area (Å²) in [6, 6.07) is 16.3. The number of anilines is 1. The minimum atomic E-state index is -1.04. The van der Waals surface area contributed by atoms with Crippen molar-refractivity contribution in [3.63, 3.8) is 0 Å². The van der Waals surface area contributed by atoms with Crippen molar-refractivity contribution >= 4 is 51.2 Å². The molecule has 37 heavy (non-hydrogen) atoms. The molecule has 0 bridgehead atoms. The van der Waals surface area contributed by atoms with Crippen LogP contribution in [0.25, 0.3) is 22.0 Å². The number of methoxy groups -OCH3 is 1. The Bertz CT molecular complexity index is 1760. The third-order valence-corrected chi connectivity index (χ3v) is 6.44. The van der Waals surface area contributed by atoms with Crippen LogP contribution in [0.1, 0.15) is 22.2 Å². The van der Waals surface area contributed by atoms with Crippen LogP contribution in [0.15, 0.2) is 82.5 Å². The van der Waals surface area contributed by atoms with E-state index in [2.05, 4.69) is 9.97 Å². The van der Waals surface area contributed by atoms with Gasteiger partial charge in [-0.3, -0.25) is 14.5 Å². The second kappa shape index (κ2) is 8.49. The molecule has 1 aliphatic heterocycles. The number of benzene rings is 3. The first-order chi connectivity index (χ1) is 17.9. The van der Waals surface area contributed by atoms with Crippen molar-refractivity contribution < 1.29 is 28.2 Å². The maximum Gasteiger partial charge on any atom is 0.296 e. The number of imidazole rings is 1. The van der Waals surface area contributed by atoms with Gasteiger partial charge in [-0.1, -0.05) is 41.9 Å². The lowest BCUT2D eigenvalue weighted by Crippen LogP contribution is -2.31. The Morgan fingerprint density at radius 2 is 1.95 bits per heavy atom. The predicted octanol–water partition coefficient (Wildman–Crippen LogP) is 5.89. The van der Waals surface area contributed by atoms with Gasteiger partial charge in [0.1, 0.15) is 5.82 Å². The maximum absolute atomic E-state index is 13.8. The van der Waals surface area contributed by atoms with E-state index in [4.69, 9.17) is 20.8 Å². The smallest absolute Gasteiger partial charge is 0.296 e. The molecule has 1 atom stereocenters. The summed E-state index contributed by atoms with van der Waals surface area (Å²) in [6.07, 6.45) is 0. The van der Waals surface area contributed by atoms with Gasteiger partial charge < -0.3 is 19.2 Å². The van der Waals surface area contributed by atoms with E-state index in [0.29, 0.717) is 38.3 Å². The van der Waals surface area contributed by atoms with Crippen molar-refractivity contribution in [2.45, 2.75) is 6.04 Å². The maximum atomic E-state index is 13.8. The monoisotopic (exact) mass is 517 g/mol. The quantitative estimate of drug-likeness (QED) is 0.281. The van der Waals surface area contributed by atoms with E-state index in [0.717, 1.165) is 0 Å². The lowest BCUT2D eigenvalue weighted by molar-refractivity contribution is -0.117. The van der Waals surface area contributed by atoms with Gasteiger partial charge in [-0.15, -0.1) is 0 Å². The number of carbonyl (C=O) groups is 2. The number of aliphatic hydroxyl groups is 1. The third-order valence-electron chi connectivity index (χ3n) is 6.22. The van der Waals surface area contributed by atoms with E-state index < -0.39 is 29.3 Å². The molecule has 6 rings (SSSR count). The molecule has 0 fully saturated rings. The first-order valence-corrected chi connectivity index (χ1v) is 11.5. The molecular weight excluding hydrogens is 501 g/mol. The van der Waals surface area contributed by atoms with Crippen LogP contribution in [0.3, 0.4) is 0 Å². The highest BCUT2D eigenvalue weighted by Crippen LogP contribution is 2.42. The second-order valence-electron chi connectivity index (χ2n) is 8.44. The van der Waals surface area contributed by atoms with E-state index in [1.165, 1.54) is 36.3 Å². The second-order valence-corrected chi connectivity index (χ2v) is 8.88. The zero-order valence-corrected chi connectivity index (χ0v) is 19.9. The van der Waals surface area contributed by atoms with Crippen LogP contribution in [0, 0.1) is 5.82 Å². The van der Waals surface area contributed by atoms with Gasteiger partial charge in [0, 0.05) is 16.5 Å². The van der Waals surface area contributed by atoms with Gasteiger partial charge in [0.2, 0.25) is 11.7 Å². The molecule has 3 aromatic carbocycles. The molecule has 0 saturated carbocycles. The van der Waals surface area contributed by atoms with Crippen molar-refractivity contribution in [3.05, 3.63) is 100 Å². The molecule has 3 heterocycles. The van der Waals surface area contributed by atoms with E-state index in [1.54, 1.807) is 42.5 Å². The minimum absolute atomic E-state index is 0.0480. The molecule has 1 amide bonds. The van der Waals surface area contributed by atoms with Gasteiger partial charge in [0.15, 0.2) is 22.9 Å². The molecule has 1 aliphatic rings. The number of halogens is 2. The molecule has 0 radical (unpaired) electrons. The van der Waals surface area contributed by atoms with Crippen molar-refractivity contribution in [1.29, 1.82) is 0 Å². The lowest BCUT2D eigenvalue weighted by Gasteiger charge is -2.24. The number of hydrogen-bond acceptors (Lipinski definition) is 6. The molecular formula is C27H17ClFN3O5. The number of furan rings is 1. The summed E-state index contributed by atoms with van der Waals surface area (Å²) in [6.45, 7) is 0. The predicted molar refractivity (Wildman–Crippen MR) is 134 cm³/mol. The Kier molecular flexibility index (Phi) is 5.24. The Balaban J connectivity index is 1.50. The van der Waals surface area contributed by atoms with Crippen LogP contribution in [-0.4, -0.2) is 33.9 Å². The average molecular weight is 518 g/mol. The number of amides is 1. The van der Waals surface area contributed by atoms with Crippen LogP contribution in [0.2, 0.25) is 5.02 Å². The van der Waals surface area contributed by atoms with Gasteiger partial charge in [0.25, 0.3) is 5.91 Å². The molecule has 0 saturated heterocycles. The van der Waals surface area contributed by atoms with Crippen molar-refractivity contribution in [2.24, 2.45) is 0 Å². The van der Waals surface area contributed by atoms with Gasteiger partial charge in [0.05, 0.1) is 29.8 Å². The number of carbonyl (C=O) groups excluding carboxylic acids is 2. The van der Waals surface area contributed by atoms with Crippen molar-refractivity contribution in [1.82, 2.24) is 9.97 Å². The molecule has 8 nitrogen and oxygen atoms in total. The number of ether oxygens (including phenoxy) is 1. The van der Waals surface area contributed by atoms with Crippen molar-refractivity contribution in [3.8, 4) is 5.75 Å². The topological polar surface area (TPSA) is 109 Å². The number of rotatable bonds is 5. The number of ketones is 1. The number of aromatic amines is 1. The first kappa shape index (κ1) is 22.8. The van der Waals surface area contributed by atoms with Gasteiger partial charge in [-0.25, -0.2) is 9.37 Å². The summed E-state index contributed by atoms with van der Waals surface area (Å²) < 4.78 is 24.9. The van der Waals surface area contributed by atoms with Gasteiger partial charge in [-0.05, 0) is 35.9 Å². The number of H-pyrrole nitrogens is 1. The van der Waals surface area contributed by atoms with Gasteiger partial charge in [-0.2, -0.15) is 0 Å². The summed E-state index contributed by atoms with van der Waals surface area (Å²) >= 11 is 6.15. The Morgan fingerprint density at radius 1 is 1.16 bits per heavy atom. The first-order valence-electron chi connectivity index (χ1n) is 11.1. The molecule has 5 aromatic rings. The van der Waals surface area contributed by atoms with E-state index >= 15 is 0 Å². The van der Waals surface area contributed by atoms with Crippen LogP contribution in [-0.2, 0) is 4.79 Å². The molecule has 1 unspecified atom stereocenters. The van der Waals surface area contributed by atoms with Gasteiger partial charge >= 0.3 is 0 Å². The van der Waals surface area contributed by atoms with Crippen LogP contribution in [0.5, 0.6) is 5.75 Å². The zero-order valence-electron chi connectivity index (χ0n) is 19.2. The summed E-state index contributed by atoms with van der Waals surface area (Å²) in [4.78, 5) is 35.7. The minimum Gasteiger partial charge on any atom is -0.503 e. The van der Waals surface area contributed by atoms with Crippen LogP contribution < -0.4 is 9.64 Å². The molecule has 2 aromatic heterocycles. The van der Waals surface area contributed by atoms with Crippen LogP contribution in [0.4, 0.5) is 10.3 Å². The Labute approximate surface area is 213 Å². The number of fused-ring (bicyclic) bond motifs is 2. The highest BCUT2D eigenvalue weighted by molar-refractivity contribution is 6.31. The number of aliphatic hydroxyl groups excluding tert-OH is 1. The van der Waals surface area contributed by atoms with Crippen molar-refractivity contribution in [2.75, 3.05) is 12.0 Å². The molecule has 10 heteroatoms. The standard InChI is InChI=1S/C27H17ClFN3O5/c1-36-20-11-15(28)9-14-10-19(37-25(14)20)23(33)21-22(13-5-3-2-4-6-13)32(26(35)24(21)34)27-30-17-8-7-16(29)12-18(17)31-27/h2-12,22,34H,1H3,(H,30,31). The fraction of sp³-hybridized carbons (Fsp3) is 0.0741. The summed E-state index contributed by atoms with van der Waals surface area (Å²) in [5, 5.41) is 11.9. The summed E-state index contributed by atoms with van der Waals surface area (Å²) in [5.74, 6) is -2.49. The number of hydrogen-bond donors (Lipinski definition) is 2. The van der Waals surface area contributed by atoms with E-state index in [9.17, 15) is 19.1 Å². The lowest BCUT2D eigenvalue weighted by atomic mass is 9.95. The largest absolute Gasteiger partial charge is 0.503 e. The molecule has 2 N–H and O–H groups in total. The normalized spacial score (nSPS) is 15.8. The fourth-order valence-corrected chi connectivity index (χ4v) is 4.79. The fourth-order valence-electron chi connectivity index (χ4n) is 4.57. The SMILES string of the molecule is COc1cc(Cl)cc2cc(C(=O)C3=C(O)C(=O)N(c4nc5ccc(F)cc5[nH]4)C3c3ccccc3)oc12. The summed E-state index contributed by atoms with van der Waals surface area (Å²) in [7, 11) is 1.45. The average Bonchev–Trinajstić information content (AvgIpc) is 3.57. The highest BCUT2D eigenvalue weighted by Gasteiger charge is 2.46. The third kappa shape index (κ3) is 3.63. The number of nitrogens with one attached hydrogen (secondary N) is 1. The summed E-state index contributed by atoms with van der Waals surface area (Å²) in [5.41, 5.74) is 1.43. The Morgan fingerprint density at radius 3 is 2.70 bits per heavy atom. The molecule has 184 valence electrons. The number of aromatic nitrogens is 2. The number of nitrogens with zero attached hydrogens (tertiary/aromatic N) is 2. The van der Waals surface area contributed by atoms with E-state index in [-0.39, 0.29) is 17.3 Å². The highest BCUT2D eigenvalue weighted by atomic mass is 35.5. The zero-order chi connectivity index (χ0) is 25.8. The van der Waals surface area contributed by atoms with Crippen LogP contribution >= 0.6 is 11.6 Å².